The van der Waals surface area contributed by atoms with Crippen molar-refractivity contribution in [3.63, 3.8) is 0 Å². The van der Waals surface area contributed by atoms with Gasteiger partial charge in [-0.25, -0.2) is 4.98 Å². The first-order valence-electron chi connectivity index (χ1n) is 5.44. The number of rotatable bonds is 1. The van der Waals surface area contributed by atoms with E-state index in [9.17, 15) is 4.79 Å². The maximum Gasteiger partial charge on any atom is 0.224 e. The zero-order valence-corrected chi connectivity index (χ0v) is 9.18. The quantitative estimate of drug-likeness (QED) is 0.723. The zero-order chi connectivity index (χ0) is 11.8. The van der Waals surface area contributed by atoms with Crippen LogP contribution in [0.15, 0.2) is 30.9 Å². The number of fused-ring (bicyclic) bond motifs is 1. The van der Waals surface area contributed by atoms with Gasteiger partial charge in [0.05, 0.1) is 17.7 Å². The number of benzene rings is 1. The van der Waals surface area contributed by atoms with Gasteiger partial charge in [0.1, 0.15) is 0 Å². The molecule has 0 fully saturated rings. The minimum atomic E-state index is 0.0545. The van der Waals surface area contributed by atoms with Crippen LogP contribution >= 0.6 is 0 Å². The number of carbonyl (C=O) groups is 1. The number of carbonyl (C=O) groups excluding carboxylic acids is 1. The summed E-state index contributed by atoms with van der Waals surface area (Å²) < 4.78 is 1.83. The highest BCUT2D eigenvalue weighted by Crippen LogP contribution is 2.29. The maximum atomic E-state index is 11.3. The average molecular weight is 228 g/mol. The Morgan fingerprint density at radius 3 is 3.00 bits per heavy atom. The molecule has 1 aromatic heterocycles. The monoisotopic (exact) mass is 228 g/mol. The molecule has 3 rings (SSSR count). The first-order chi connectivity index (χ1) is 8.24. The number of hydrogen-bond donors (Lipinski definition) is 2. The zero-order valence-electron chi connectivity index (χ0n) is 9.18. The molecule has 0 saturated heterocycles. The van der Waals surface area contributed by atoms with Crippen molar-refractivity contribution in [1.82, 2.24) is 9.55 Å². The SMILES string of the molecule is Nc1cc2c(cc1-n1ccnc1)NC(=O)CC2. The molecule has 0 radical (unpaired) electrons. The van der Waals surface area contributed by atoms with Gasteiger partial charge >= 0.3 is 0 Å². The van der Waals surface area contributed by atoms with E-state index in [4.69, 9.17) is 5.73 Å². The Morgan fingerprint density at radius 2 is 2.24 bits per heavy atom. The molecule has 1 aliphatic rings. The molecular formula is C12H12N4O. The highest BCUT2D eigenvalue weighted by atomic mass is 16.1. The minimum absolute atomic E-state index is 0.0545. The van der Waals surface area contributed by atoms with Gasteiger partial charge in [-0.05, 0) is 24.1 Å². The first-order valence-corrected chi connectivity index (χ1v) is 5.44. The van der Waals surface area contributed by atoms with Crippen molar-refractivity contribution in [1.29, 1.82) is 0 Å². The number of aryl methyl sites for hydroxylation is 1. The van der Waals surface area contributed by atoms with Gasteiger partial charge in [0.2, 0.25) is 5.91 Å². The lowest BCUT2D eigenvalue weighted by molar-refractivity contribution is -0.116. The summed E-state index contributed by atoms with van der Waals surface area (Å²) in [5.74, 6) is 0.0545. The molecule has 2 heterocycles. The van der Waals surface area contributed by atoms with Gasteiger partial charge in [-0.2, -0.15) is 0 Å². The fourth-order valence-corrected chi connectivity index (χ4v) is 2.06. The van der Waals surface area contributed by atoms with E-state index in [-0.39, 0.29) is 5.91 Å². The second-order valence-corrected chi connectivity index (χ2v) is 4.09. The molecule has 3 N–H and O–H groups in total. The Labute approximate surface area is 98.3 Å². The molecule has 0 unspecified atom stereocenters. The predicted octanol–water partition coefficient (Wildman–Crippen LogP) is 1.34. The van der Waals surface area contributed by atoms with Gasteiger partial charge in [-0.3, -0.25) is 4.79 Å². The fraction of sp³-hybridized carbons (Fsp3) is 0.167. The second kappa shape index (κ2) is 3.62. The molecule has 0 saturated carbocycles. The molecule has 1 aliphatic heterocycles. The standard InChI is InChI=1S/C12H12N4O/c13-9-5-8-1-2-12(17)15-10(8)6-11(9)16-4-3-14-7-16/h3-7H,1-2,13H2,(H,15,17). The predicted molar refractivity (Wildman–Crippen MR) is 64.9 cm³/mol. The van der Waals surface area contributed by atoms with Crippen LogP contribution in [0.4, 0.5) is 11.4 Å². The van der Waals surface area contributed by atoms with Crippen LogP contribution in [0.3, 0.4) is 0 Å². The van der Waals surface area contributed by atoms with Crippen LogP contribution in [-0.4, -0.2) is 15.5 Å². The summed E-state index contributed by atoms with van der Waals surface area (Å²) in [4.78, 5) is 15.3. The van der Waals surface area contributed by atoms with Crippen LogP contribution in [0.25, 0.3) is 5.69 Å². The third kappa shape index (κ3) is 1.65. The number of nitrogens with zero attached hydrogens (tertiary/aromatic N) is 2. The number of imidazole rings is 1. The largest absolute Gasteiger partial charge is 0.397 e. The van der Waals surface area contributed by atoms with Crippen molar-refractivity contribution in [2.75, 3.05) is 11.1 Å². The lowest BCUT2D eigenvalue weighted by Gasteiger charge is -2.19. The minimum Gasteiger partial charge on any atom is -0.397 e. The van der Waals surface area contributed by atoms with Crippen molar-refractivity contribution in [2.45, 2.75) is 12.8 Å². The van der Waals surface area contributed by atoms with E-state index in [0.29, 0.717) is 12.1 Å². The Bertz CT molecular complexity index is 574. The summed E-state index contributed by atoms with van der Waals surface area (Å²) in [5, 5.41) is 2.86. The van der Waals surface area contributed by atoms with Crippen molar-refractivity contribution in [3.8, 4) is 5.69 Å². The van der Waals surface area contributed by atoms with Gasteiger partial charge in [-0.15, -0.1) is 0 Å². The molecule has 5 nitrogen and oxygen atoms in total. The van der Waals surface area contributed by atoms with Crippen molar-refractivity contribution >= 4 is 17.3 Å². The number of anilines is 2. The fourth-order valence-electron chi connectivity index (χ4n) is 2.06. The van der Waals surface area contributed by atoms with Gasteiger partial charge in [0.25, 0.3) is 0 Å². The number of nitrogen functional groups attached to an aromatic ring is 1. The normalized spacial score (nSPS) is 14.2. The van der Waals surface area contributed by atoms with Crippen LogP contribution < -0.4 is 11.1 Å². The van der Waals surface area contributed by atoms with E-state index in [0.717, 1.165) is 23.4 Å². The molecule has 1 amide bonds. The Hall–Kier alpha value is -2.30. The highest BCUT2D eigenvalue weighted by Gasteiger charge is 2.16. The summed E-state index contributed by atoms with van der Waals surface area (Å²) in [6.45, 7) is 0. The van der Waals surface area contributed by atoms with Crippen LogP contribution in [-0.2, 0) is 11.2 Å². The molecule has 2 aromatic rings. The number of aromatic nitrogens is 2. The molecule has 0 aliphatic carbocycles. The molecule has 5 heteroatoms. The summed E-state index contributed by atoms with van der Waals surface area (Å²) in [6.07, 6.45) is 6.47. The van der Waals surface area contributed by atoms with E-state index in [1.807, 2.05) is 22.9 Å². The lowest BCUT2D eigenvalue weighted by atomic mass is 10.0. The number of hydrogen-bond acceptors (Lipinski definition) is 3. The summed E-state index contributed by atoms with van der Waals surface area (Å²) in [7, 11) is 0. The topological polar surface area (TPSA) is 72.9 Å². The van der Waals surface area contributed by atoms with E-state index >= 15 is 0 Å². The number of nitrogens with one attached hydrogen (secondary N) is 1. The number of nitrogens with two attached hydrogens (primary N) is 1. The summed E-state index contributed by atoms with van der Waals surface area (Å²) in [5.41, 5.74) is 9.47. The molecule has 1 aromatic carbocycles. The molecule has 86 valence electrons. The third-order valence-electron chi connectivity index (χ3n) is 2.93. The van der Waals surface area contributed by atoms with E-state index < -0.39 is 0 Å². The van der Waals surface area contributed by atoms with Crippen molar-refractivity contribution in [3.05, 3.63) is 36.4 Å². The molecule has 17 heavy (non-hydrogen) atoms. The second-order valence-electron chi connectivity index (χ2n) is 4.09. The Balaban J connectivity index is 2.12. The number of amides is 1. The highest BCUT2D eigenvalue weighted by molar-refractivity contribution is 5.95. The molecule has 0 atom stereocenters. The average Bonchev–Trinajstić information content (AvgIpc) is 2.82. The van der Waals surface area contributed by atoms with Gasteiger partial charge < -0.3 is 15.6 Å². The van der Waals surface area contributed by atoms with Crippen LogP contribution in [0, 0.1) is 0 Å². The maximum absolute atomic E-state index is 11.3. The molecular weight excluding hydrogens is 216 g/mol. The first kappa shape index (κ1) is 9.89. The lowest BCUT2D eigenvalue weighted by Crippen LogP contribution is -2.19. The van der Waals surface area contributed by atoms with Crippen molar-refractivity contribution in [2.24, 2.45) is 0 Å². The Kier molecular flexibility index (Phi) is 2.11. The van der Waals surface area contributed by atoms with Gasteiger partial charge in [0.15, 0.2) is 0 Å². The third-order valence-corrected chi connectivity index (χ3v) is 2.93. The van der Waals surface area contributed by atoms with Crippen LogP contribution in [0.1, 0.15) is 12.0 Å². The Morgan fingerprint density at radius 1 is 1.35 bits per heavy atom. The smallest absolute Gasteiger partial charge is 0.224 e. The van der Waals surface area contributed by atoms with Crippen molar-refractivity contribution < 1.29 is 4.79 Å². The van der Waals surface area contributed by atoms with E-state index in [1.165, 1.54) is 0 Å². The van der Waals surface area contributed by atoms with Crippen LogP contribution in [0.2, 0.25) is 0 Å². The van der Waals surface area contributed by atoms with Gasteiger partial charge in [0, 0.05) is 24.5 Å². The summed E-state index contributed by atoms with van der Waals surface area (Å²) >= 11 is 0. The van der Waals surface area contributed by atoms with E-state index in [1.54, 1.807) is 12.5 Å². The molecule has 0 bridgehead atoms. The van der Waals surface area contributed by atoms with Crippen LogP contribution in [0.5, 0.6) is 0 Å². The molecule has 0 spiro atoms. The van der Waals surface area contributed by atoms with E-state index in [2.05, 4.69) is 10.3 Å². The van der Waals surface area contributed by atoms with Gasteiger partial charge in [-0.1, -0.05) is 0 Å². The summed E-state index contributed by atoms with van der Waals surface area (Å²) in [6, 6.07) is 3.81.